The van der Waals surface area contributed by atoms with Crippen LogP contribution < -0.4 is 5.73 Å². The van der Waals surface area contributed by atoms with Gasteiger partial charge >= 0.3 is 0 Å². The topological polar surface area (TPSA) is 64.9 Å². The molecule has 0 atom stereocenters. The van der Waals surface area contributed by atoms with E-state index in [0.29, 0.717) is 21.8 Å². The summed E-state index contributed by atoms with van der Waals surface area (Å²) in [4.78, 5) is 4.36. The van der Waals surface area contributed by atoms with Crippen molar-refractivity contribution in [3.63, 3.8) is 0 Å². The second-order valence-corrected chi connectivity index (χ2v) is 5.77. The van der Waals surface area contributed by atoms with Crippen molar-refractivity contribution < 1.29 is 8.91 Å². The van der Waals surface area contributed by atoms with Gasteiger partial charge in [0.1, 0.15) is 5.82 Å². The highest BCUT2D eigenvalue weighted by Gasteiger charge is 2.36. The molecule has 7 heteroatoms. The molecule has 1 aromatic carbocycles. The molecule has 1 heterocycles. The number of halogens is 3. The van der Waals surface area contributed by atoms with E-state index in [1.165, 1.54) is 6.07 Å². The highest BCUT2D eigenvalue weighted by Crippen LogP contribution is 2.35. The molecule has 108 valence electrons. The van der Waals surface area contributed by atoms with Crippen molar-refractivity contribution in [1.29, 1.82) is 0 Å². The van der Waals surface area contributed by atoms with Crippen LogP contribution in [0, 0.1) is 5.82 Å². The SMILES string of the molecule is Cl.NC1(c2noc(-c3ccc(F)c(Br)c3)n2)CCCC1. The molecule has 1 aromatic heterocycles. The van der Waals surface area contributed by atoms with E-state index in [4.69, 9.17) is 10.3 Å². The van der Waals surface area contributed by atoms with Gasteiger partial charge in [-0.15, -0.1) is 12.4 Å². The van der Waals surface area contributed by atoms with Gasteiger partial charge in [0, 0.05) is 5.56 Å². The largest absolute Gasteiger partial charge is 0.334 e. The van der Waals surface area contributed by atoms with Crippen molar-refractivity contribution >= 4 is 28.3 Å². The monoisotopic (exact) mass is 361 g/mol. The summed E-state index contributed by atoms with van der Waals surface area (Å²) in [5.41, 5.74) is 6.47. The van der Waals surface area contributed by atoms with E-state index in [1.54, 1.807) is 12.1 Å². The molecule has 0 aliphatic heterocycles. The Bertz CT molecular complexity index is 613. The second kappa shape index (κ2) is 5.79. The molecule has 0 radical (unpaired) electrons. The molecule has 0 saturated heterocycles. The van der Waals surface area contributed by atoms with E-state index in [1.807, 2.05) is 0 Å². The van der Waals surface area contributed by atoms with E-state index >= 15 is 0 Å². The van der Waals surface area contributed by atoms with Crippen molar-refractivity contribution in [3.05, 3.63) is 34.3 Å². The molecule has 20 heavy (non-hydrogen) atoms. The summed E-state index contributed by atoms with van der Waals surface area (Å²) in [7, 11) is 0. The zero-order valence-corrected chi connectivity index (χ0v) is 13.0. The van der Waals surface area contributed by atoms with Gasteiger partial charge < -0.3 is 10.3 Å². The number of hydrogen-bond acceptors (Lipinski definition) is 4. The van der Waals surface area contributed by atoms with E-state index in [9.17, 15) is 4.39 Å². The van der Waals surface area contributed by atoms with Crippen molar-refractivity contribution in [2.75, 3.05) is 0 Å². The lowest BCUT2D eigenvalue weighted by Crippen LogP contribution is -2.34. The number of benzene rings is 1. The van der Waals surface area contributed by atoms with E-state index in [0.717, 1.165) is 25.7 Å². The Morgan fingerprint density at radius 2 is 2.00 bits per heavy atom. The van der Waals surface area contributed by atoms with Gasteiger partial charge in [0.25, 0.3) is 5.89 Å². The number of nitrogens with zero attached hydrogens (tertiary/aromatic N) is 2. The van der Waals surface area contributed by atoms with Crippen molar-refractivity contribution in [2.45, 2.75) is 31.2 Å². The molecule has 0 amide bonds. The fourth-order valence-electron chi connectivity index (χ4n) is 2.40. The molecule has 0 unspecified atom stereocenters. The first-order valence-electron chi connectivity index (χ1n) is 6.17. The molecular weight excluding hydrogens is 349 g/mol. The smallest absolute Gasteiger partial charge is 0.258 e. The predicted molar refractivity (Wildman–Crippen MR) is 79.0 cm³/mol. The first kappa shape index (κ1) is 15.4. The molecule has 2 N–H and O–H groups in total. The normalized spacial score (nSPS) is 16.9. The Hall–Kier alpha value is -0.980. The van der Waals surface area contributed by atoms with Crippen LogP contribution in [0.25, 0.3) is 11.5 Å². The maximum atomic E-state index is 13.2. The van der Waals surface area contributed by atoms with Crippen LogP contribution >= 0.6 is 28.3 Å². The lowest BCUT2D eigenvalue weighted by Gasteiger charge is -2.17. The Kier molecular flexibility index (Phi) is 4.46. The van der Waals surface area contributed by atoms with Crippen LogP contribution in [0.2, 0.25) is 0 Å². The fourth-order valence-corrected chi connectivity index (χ4v) is 2.78. The Morgan fingerprint density at radius 1 is 1.30 bits per heavy atom. The van der Waals surface area contributed by atoms with Crippen LogP contribution in [0.5, 0.6) is 0 Å². The average Bonchev–Trinajstić information content (AvgIpc) is 3.02. The number of rotatable bonds is 2. The van der Waals surface area contributed by atoms with Gasteiger partial charge in [-0.1, -0.05) is 18.0 Å². The minimum Gasteiger partial charge on any atom is -0.334 e. The van der Waals surface area contributed by atoms with Crippen LogP contribution in [0.15, 0.2) is 27.2 Å². The highest BCUT2D eigenvalue weighted by atomic mass is 79.9. The predicted octanol–water partition coefficient (Wildman–Crippen LogP) is 3.79. The minimum atomic E-state index is -0.473. The molecule has 4 nitrogen and oxygen atoms in total. The average molecular weight is 363 g/mol. The lowest BCUT2D eigenvalue weighted by atomic mass is 9.99. The van der Waals surface area contributed by atoms with Crippen LogP contribution in [-0.2, 0) is 5.54 Å². The first-order valence-corrected chi connectivity index (χ1v) is 6.96. The summed E-state index contributed by atoms with van der Waals surface area (Å²) in [6.45, 7) is 0. The quantitative estimate of drug-likeness (QED) is 0.883. The zero-order chi connectivity index (χ0) is 13.5. The Labute approximate surface area is 130 Å². The van der Waals surface area contributed by atoms with Crippen LogP contribution in [0.3, 0.4) is 0 Å². The summed E-state index contributed by atoms with van der Waals surface area (Å²) in [5.74, 6) is 0.586. The van der Waals surface area contributed by atoms with Crippen molar-refractivity contribution in [2.24, 2.45) is 5.73 Å². The summed E-state index contributed by atoms with van der Waals surface area (Å²) in [6.07, 6.45) is 3.92. The molecule has 0 bridgehead atoms. The lowest BCUT2D eigenvalue weighted by molar-refractivity contribution is 0.372. The summed E-state index contributed by atoms with van der Waals surface area (Å²) < 4.78 is 18.8. The molecule has 0 spiro atoms. The summed E-state index contributed by atoms with van der Waals surface area (Å²) >= 11 is 3.14. The third-order valence-electron chi connectivity index (χ3n) is 3.53. The molecule has 2 aromatic rings. The zero-order valence-electron chi connectivity index (χ0n) is 10.6. The van der Waals surface area contributed by atoms with Gasteiger partial charge in [-0.25, -0.2) is 4.39 Å². The molecule has 1 fully saturated rings. The second-order valence-electron chi connectivity index (χ2n) is 4.92. The molecule has 1 aliphatic rings. The van der Waals surface area contributed by atoms with Gasteiger partial charge in [-0.05, 0) is 47.0 Å². The van der Waals surface area contributed by atoms with Gasteiger partial charge in [0.2, 0.25) is 0 Å². The maximum Gasteiger partial charge on any atom is 0.258 e. The maximum absolute atomic E-state index is 13.2. The third-order valence-corrected chi connectivity index (χ3v) is 4.14. The van der Waals surface area contributed by atoms with E-state index in [2.05, 4.69) is 26.1 Å². The van der Waals surface area contributed by atoms with Gasteiger partial charge in [-0.2, -0.15) is 4.98 Å². The Morgan fingerprint density at radius 3 is 2.65 bits per heavy atom. The fraction of sp³-hybridized carbons (Fsp3) is 0.385. The molecular formula is C13H14BrClFN3O. The molecule has 1 saturated carbocycles. The number of aromatic nitrogens is 2. The van der Waals surface area contributed by atoms with Gasteiger partial charge in [-0.3, -0.25) is 0 Å². The van der Waals surface area contributed by atoms with Crippen molar-refractivity contribution in [3.8, 4) is 11.5 Å². The summed E-state index contributed by atoms with van der Waals surface area (Å²) in [5, 5.41) is 3.98. The Balaban J connectivity index is 0.00000147. The third kappa shape index (κ3) is 2.73. The number of hydrogen-bond donors (Lipinski definition) is 1. The van der Waals surface area contributed by atoms with Crippen LogP contribution in [0.1, 0.15) is 31.5 Å². The standard InChI is InChI=1S/C13H13BrFN3O.ClH/c14-9-7-8(3-4-10(9)15)11-17-12(18-19-11)13(16)5-1-2-6-13;/h3-4,7H,1-2,5-6,16H2;1H. The minimum absolute atomic E-state index is 0. The highest BCUT2D eigenvalue weighted by molar-refractivity contribution is 9.10. The summed E-state index contributed by atoms with van der Waals surface area (Å²) in [6, 6.07) is 4.58. The van der Waals surface area contributed by atoms with Crippen LogP contribution in [-0.4, -0.2) is 10.1 Å². The van der Waals surface area contributed by atoms with Crippen molar-refractivity contribution in [1.82, 2.24) is 10.1 Å². The number of nitrogens with two attached hydrogens (primary N) is 1. The van der Waals surface area contributed by atoms with E-state index < -0.39 is 5.54 Å². The molecule has 3 rings (SSSR count). The van der Waals surface area contributed by atoms with Gasteiger partial charge in [0.05, 0.1) is 10.0 Å². The van der Waals surface area contributed by atoms with E-state index in [-0.39, 0.29) is 18.2 Å². The first-order chi connectivity index (χ1) is 9.08. The van der Waals surface area contributed by atoms with Gasteiger partial charge in [0.15, 0.2) is 5.82 Å². The van der Waals surface area contributed by atoms with Crippen LogP contribution in [0.4, 0.5) is 4.39 Å². The molecule has 1 aliphatic carbocycles.